The van der Waals surface area contributed by atoms with Gasteiger partial charge in [-0.1, -0.05) is 30.4 Å². The number of ketones is 1. The molecule has 0 bridgehead atoms. The van der Waals surface area contributed by atoms with Crippen LogP contribution in [0.15, 0.2) is 53.4 Å². The normalized spacial score (nSPS) is 12.0. The van der Waals surface area contributed by atoms with E-state index in [-0.39, 0.29) is 41.4 Å². The third kappa shape index (κ3) is 8.84. The number of Topliss-reactive ketones (excluding diaryl/α,β-unsaturated/α-hetero) is 1. The second-order valence-corrected chi connectivity index (χ2v) is 9.27. The molecule has 35 heavy (non-hydrogen) atoms. The maximum absolute atomic E-state index is 13.1. The van der Waals surface area contributed by atoms with Gasteiger partial charge in [-0.15, -0.1) is 13.2 Å². The van der Waals surface area contributed by atoms with Gasteiger partial charge in [0.25, 0.3) is 0 Å². The summed E-state index contributed by atoms with van der Waals surface area (Å²) in [6, 6.07) is 9.09. The van der Waals surface area contributed by atoms with Gasteiger partial charge in [0, 0.05) is 26.4 Å². The first-order valence-corrected chi connectivity index (χ1v) is 12.1. The van der Waals surface area contributed by atoms with Crippen LogP contribution in [0, 0.1) is 5.41 Å². The minimum Gasteiger partial charge on any atom is -0.492 e. The van der Waals surface area contributed by atoms with Gasteiger partial charge < -0.3 is 14.2 Å². The molecular weight excluding hydrogens is 487 g/mol. The van der Waals surface area contributed by atoms with Crippen molar-refractivity contribution in [1.82, 2.24) is 0 Å². The molecule has 2 aromatic rings. The van der Waals surface area contributed by atoms with Crippen LogP contribution < -0.4 is 9.47 Å². The van der Waals surface area contributed by atoms with Crippen molar-refractivity contribution >= 4 is 26.7 Å². The average Bonchev–Trinajstić information content (AvgIpc) is 2.77. The lowest BCUT2D eigenvalue weighted by molar-refractivity contribution is -0.274. The Balaban J connectivity index is 2.22. The molecule has 0 aliphatic rings. The lowest BCUT2D eigenvalue weighted by Gasteiger charge is -2.13. The van der Waals surface area contributed by atoms with Crippen LogP contribution in [0.1, 0.15) is 30.9 Å². The molecule has 0 unspecified atom stereocenters. The van der Waals surface area contributed by atoms with Crippen LogP contribution >= 0.6 is 0 Å². The standard InChI is InChI=1S/C24H26F3NO6S/c1-3-33-21-15-17(6-4-8-19(29)12-13-32-2)10-11-22(21)35(30,31)23(28)16-18-7-5-9-20(14-18)34-24(25,26)27/h4-7,9-11,14-15,28H,3,8,12-13,16H2,1-2H3/b6-4+,28-23?. The fourth-order valence-corrected chi connectivity index (χ4v) is 4.28. The van der Waals surface area contributed by atoms with Gasteiger partial charge in [0.15, 0.2) is 0 Å². The molecule has 0 aliphatic carbocycles. The number of halogens is 3. The van der Waals surface area contributed by atoms with Crippen LogP contribution in [-0.2, 0) is 25.8 Å². The van der Waals surface area contributed by atoms with Gasteiger partial charge in [0.2, 0.25) is 9.84 Å². The number of hydrogen-bond donors (Lipinski definition) is 1. The molecule has 0 saturated carbocycles. The molecule has 11 heteroatoms. The number of nitrogens with one attached hydrogen (secondary N) is 1. The van der Waals surface area contributed by atoms with Crippen LogP contribution in [0.25, 0.3) is 6.08 Å². The summed E-state index contributed by atoms with van der Waals surface area (Å²) in [5.41, 5.74) is 0.756. The minimum atomic E-state index is -4.89. The third-order valence-corrected chi connectivity index (χ3v) is 6.33. The van der Waals surface area contributed by atoms with E-state index in [0.717, 1.165) is 12.1 Å². The van der Waals surface area contributed by atoms with Crippen LogP contribution in [-0.4, -0.2) is 45.9 Å². The number of carbonyl (C=O) groups excluding carboxylic acids is 1. The number of alkyl halides is 3. The summed E-state index contributed by atoms with van der Waals surface area (Å²) in [5.74, 6) is -0.489. The van der Waals surface area contributed by atoms with Crippen LogP contribution in [0.3, 0.4) is 0 Å². The Morgan fingerprint density at radius 1 is 1.14 bits per heavy atom. The van der Waals surface area contributed by atoms with Crippen molar-refractivity contribution in [2.24, 2.45) is 0 Å². The third-order valence-electron chi connectivity index (χ3n) is 4.62. The van der Waals surface area contributed by atoms with Gasteiger partial charge in [-0.05, 0) is 42.3 Å². The number of hydrogen-bond acceptors (Lipinski definition) is 7. The first-order valence-electron chi connectivity index (χ1n) is 10.6. The van der Waals surface area contributed by atoms with Crippen LogP contribution in [0.4, 0.5) is 13.2 Å². The SMILES string of the molecule is CCOc1cc(/C=C/CC(=O)CCOC)ccc1S(=O)(=O)C(=N)Cc1cccc(OC(F)(F)F)c1. The Morgan fingerprint density at radius 2 is 1.89 bits per heavy atom. The molecule has 0 amide bonds. The summed E-state index contributed by atoms with van der Waals surface area (Å²) in [6.45, 7) is 2.17. The summed E-state index contributed by atoms with van der Waals surface area (Å²) in [4.78, 5) is 11.5. The first-order chi connectivity index (χ1) is 16.5. The summed E-state index contributed by atoms with van der Waals surface area (Å²) in [6.07, 6.45) is -1.55. The fourth-order valence-electron chi connectivity index (χ4n) is 3.03. The van der Waals surface area contributed by atoms with E-state index in [0.29, 0.717) is 12.2 Å². The van der Waals surface area contributed by atoms with Crippen molar-refractivity contribution in [2.75, 3.05) is 20.3 Å². The second kappa shape index (κ2) is 12.5. The Labute approximate surface area is 201 Å². The minimum absolute atomic E-state index is 0.00881. The van der Waals surface area contributed by atoms with Gasteiger partial charge in [-0.3, -0.25) is 10.2 Å². The molecule has 0 aliphatic heterocycles. The molecule has 7 nitrogen and oxygen atoms in total. The molecule has 2 rings (SSSR count). The highest BCUT2D eigenvalue weighted by Gasteiger charge is 2.31. The summed E-state index contributed by atoms with van der Waals surface area (Å²) in [5, 5.41) is 7.43. The van der Waals surface area contributed by atoms with E-state index in [9.17, 15) is 26.4 Å². The van der Waals surface area contributed by atoms with E-state index in [1.165, 1.54) is 37.4 Å². The molecule has 0 fully saturated rings. The fraction of sp³-hybridized carbons (Fsp3) is 0.333. The largest absolute Gasteiger partial charge is 0.573 e. The quantitative estimate of drug-likeness (QED) is 0.317. The van der Waals surface area contributed by atoms with Crippen molar-refractivity contribution in [3.63, 3.8) is 0 Å². The van der Waals surface area contributed by atoms with Crippen molar-refractivity contribution < 1.29 is 40.6 Å². The van der Waals surface area contributed by atoms with Crippen molar-refractivity contribution in [3.05, 3.63) is 59.7 Å². The summed E-state index contributed by atoms with van der Waals surface area (Å²) < 4.78 is 77.7. The van der Waals surface area contributed by atoms with E-state index in [4.69, 9.17) is 14.9 Å². The Morgan fingerprint density at radius 3 is 2.54 bits per heavy atom. The number of sulfone groups is 1. The molecule has 0 radical (unpaired) electrons. The number of carbonyl (C=O) groups is 1. The molecule has 1 N–H and O–H groups in total. The van der Waals surface area contributed by atoms with Gasteiger partial charge in [-0.25, -0.2) is 8.42 Å². The summed E-state index contributed by atoms with van der Waals surface area (Å²) >= 11 is 0. The molecular formula is C24H26F3NO6S. The number of ether oxygens (including phenoxy) is 3. The Kier molecular flexibility index (Phi) is 10.0. The maximum atomic E-state index is 13.1. The van der Waals surface area contributed by atoms with E-state index in [2.05, 4.69) is 4.74 Å². The highest BCUT2D eigenvalue weighted by Crippen LogP contribution is 2.29. The molecule has 2 aromatic carbocycles. The highest BCUT2D eigenvalue weighted by atomic mass is 32.2. The zero-order valence-corrected chi connectivity index (χ0v) is 20.0. The second-order valence-electron chi connectivity index (χ2n) is 7.33. The lowest BCUT2D eigenvalue weighted by atomic mass is 10.1. The zero-order valence-electron chi connectivity index (χ0n) is 19.2. The first kappa shape index (κ1) is 28.1. The van der Waals surface area contributed by atoms with Crippen LogP contribution in [0.2, 0.25) is 0 Å². The Hall–Kier alpha value is -3.18. The molecule has 0 atom stereocenters. The number of allylic oxidation sites excluding steroid dienone is 1. The number of benzene rings is 2. The number of rotatable bonds is 12. The molecule has 0 saturated heterocycles. The van der Waals surface area contributed by atoms with Crippen molar-refractivity contribution in [1.29, 1.82) is 5.41 Å². The summed E-state index contributed by atoms with van der Waals surface area (Å²) in [7, 11) is -2.79. The average molecular weight is 514 g/mol. The monoisotopic (exact) mass is 513 g/mol. The highest BCUT2D eigenvalue weighted by molar-refractivity contribution is 8.06. The van der Waals surface area contributed by atoms with Gasteiger partial charge >= 0.3 is 6.36 Å². The molecule has 0 spiro atoms. The predicted octanol–water partition coefficient (Wildman–Crippen LogP) is 4.99. The molecule has 0 heterocycles. The van der Waals surface area contributed by atoms with E-state index in [1.807, 2.05) is 0 Å². The maximum Gasteiger partial charge on any atom is 0.573 e. The lowest BCUT2D eigenvalue weighted by Crippen LogP contribution is -2.19. The smallest absolute Gasteiger partial charge is 0.492 e. The van der Waals surface area contributed by atoms with Crippen LogP contribution in [0.5, 0.6) is 11.5 Å². The molecule has 190 valence electrons. The van der Waals surface area contributed by atoms with E-state index < -0.39 is 33.4 Å². The van der Waals surface area contributed by atoms with E-state index >= 15 is 0 Å². The van der Waals surface area contributed by atoms with Gasteiger partial charge in [0.05, 0.1) is 13.2 Å². The van der Waals surface area contributed by atoms with Crippen molar-refractivity contribution in [2.45, 2.75) is 37.4 Å². The van der Waals surface area contributed by atoms with Gasteiger partial charge in [0.1, 0.15) is 27.2 Å². The van der Waals surface area contributed by atoms with Gasteiger partial charge in [-0.2, -0.15) is 0 Å². The molecule has 0 aromatic heterocycles. The van der Waals surface area contributed by atoms with Crippen molar-refractivity contribution in [3.8, 4) is 11.5 Å². The zero-order chi connectivity index (χ0) is 26.1. The van der Waals surface area contributed by atoms with E-state index in [1.54, 1.807) is 19.1 Å². The topological polar surface area (TPSA) is 103 Å². The number of methoxy groups -OCH3 is 1. The predicted molar refractivity (Wildman–Crippen MR) is 125 cm³/mol. The Bertz CT molecular complexity index is 1180.